The van der Waals surface area contributed by atoms with E-state index in [0.29, 0.717) is 12.6 Å². The molecule has 212 valence electrons. The fraction of sp³-hybridized carbons (Fsp3) is 0.423. The van der Waals surface area contributed by atoms with Crippen molar-refractivity contribution < 1.29 is 42.5 Å². The third kappa shape index (κ3) is 5.26. The molecule has 3 aliphatic heterocycles. The SMILES string of the molecule is O=C(O)CCC(=O)OCOc1c2n(cc(C(=O)NCc3ccc(F)cc3F)c1=O)CC1N(CC3CCCN31)C2=O. The Hall–Kier alpha value is -4.33. The Labute approximate surface area is 226 Å². The molecule has 2 amide bonds. The van der Waals surface area contributed by atoms with Gasteiger partial charge in [-0.15, -0.1) is 0 Å². The fourth-order valence-electron chi connectivity index (χ4n) is 5.38. The van der Waals surface area contributed by atoms with Gasteiger partial charge in [0, 0.05) is 43.5 Å². The number of carbonyl (C=O) groups is 4. The van der Waals surface area contributed by atoms with Crippen LogP contribution in [0, 0.1) is 11.6 Å². The highest BCUT2D eigenvalue weighted by molar-refractivity contribution is 5.99. The minimum Gasteiger partial charge on any atom is -0.481 e. The third-order valence-corrected chi connectivity index (χ3v) is 7.30. The van der Waals surface area contributed by atoms with E-state index in [4.69, 9.17) is 14.6 Å². The molecule has 3 aliphatic rings. The lowest BCUT2D eigenvalue weighted by Crippen LogP contribution is -2.50. The first-order valence-corrected chi connectivity index (χ1v) is 12.7. The van der Waals surface area contributed by atoms with Gasteiger partial charge in [0.05, 0.1) is 19.4 Å². The molecular weight excluding hydrogens is 534 g/mol. The number of rotatable bonds is 9. The van der Waals surface area contributed by atoms with Crippen LogP contribution in [0.3, 0.4) is 0 Å². The van der Waals surface area contributed by atoms with Crippen molar-refractivity contribution in [1.82, 2.24) is 19.7 Å². The molecule has 14 heteroatoms. The van der Waals surface area contributed by atoms with Crippen LogP contribution in [0.4, 0.5) is 8.78 Å². The van der Waals surface area contributed by atoms with E-state index in [1.165, 1.54) is 10.8 Å². The number of fused-ring (bicyclic) bond motifs is 4. The molecule has 0 aliphatic carbocycles. The number of nitrogens with zero attached hydrogens (tertiary/aromatic N) is 3. The number of amides is 2. The van der Waals surface area contributed by atoms with Crippen LogP contribution < -0.4 is 15.5 Å². The molecule has 2 atom stereocenters. The van der Waals surface area contributed by atoms with Gasteiger partial charge in [0.1, 0.15) is 23.4 Å². The maximum absolute atomic E-state index is 14.1. The summed E-state index contributed by atoms with van der Waals surface area (Å²) in [6.07, 6.45) is 2.00. The van der Waals surface area contributed by atoms with E-state index in [9.17, 15) is 32.8 Å². The van der Waals surface area contributed by atoms with Crippen LogP contribution in [0.2, 0.25) is 0 Å². The Morgan fingerprint density at radius 2 is 1.93 bits per heavy atom. The lowest BCUT2D eigenvalue weighted by molar-refractivity contribution is -0.153. The van der Waals surface area contributed by atoms with Crippen LogP contribution in [0.1, 0.15) is 52.1 Å². The average Bonchev–Trinajstić information content (AvgIpc) is 3.50. The summed E-state index contributed by atoms with van der Waals surface area (Å²) in [5.74, 6) is -5.60. The summed E-state index contributed by atoms with van der Waals surface area (Å²) in [6.45, 7) is 0.402. The van der Waals surface area contributed by atoms with Gasteiger partial charge >= 0.3 is 11.9 Å². The van der Waals surface area contributed by atoms with Crippen molar-refractivity contribution in [2.75, 3.05) is 19.9 Å². The molecule has 5 rings (SSSR count). The number of aliphatic carboxylic acids is 1. The van der Waals surface area contributed by atoms with Gasteiger partial charge in [0.15, 0.2) is 5.69 Å². The molecule has 2 aromatic rings. The molecule has 40 heavy (non-hydrogen) atoms. The number of carbonyl (C=O) groups excluding carboxylic acids is 3. The number of aromatic nitrogens is 1. The maximum atomic E-state index is 14.1. The molecular formula is C26H26F2N4O8. The van der Waals surface area contributed by atoms with E-state index in [0.717, 1.165) is 31.5 Å². The minimum atomic E-state index is -1.20. The van der Waals surface area contributed by atoms with Crippen LogP contribution in [0.5, 0.6) is 5.75 Å². The number of hydrogen-bond acceptors (Lipinski definition) is 8. The summed E-state index contributed by atoms with van der Waals surface area (Å²) in [4.78, 5) is 66.4. The van der Waals surface area contributed by atoms with Crippen LogP contribution in [-0.2, 0) is 27.4 Å². The zero-order valence-electron chi connectivity index (χ0n) is 21.2. The minimum absolute atomic E-state index is 0.00518. The quantitative estimate of drug-likeness (QED) is 0.339. The number of hydrogen-bond donors (Lipinski definition) is 2. The number of benzene rings is 1. The van der Waals surface area contributed by atoms with E-state index < -0.39 is 71.8 Å². The van der Waals surface area contributed by atoms with Crippen LogP contribution in [-0.4, -0.2) is 75.3 Å². The second kappa shape index (κ2) is 11.0. The molecule has 0 radical (unpaired) electrons. The highest BCUT2D eigenvalue weighted by Gasteiger charge is 2.48. The van der Waals surface area contributed by atoms with Gasteiger partial charge in [-0.1, -0.05) is 6.07 Å². The van der Waals surface area contributed by atoms with Crippen molar-refractivity contribution in [2.24, 2.45) is 0 Å². The van der Waals surface area contributed by atoms with Gasteiger partial charge in [-0.05, 0) is 18.9 Å². The first kappa shape index (κ1) is 27.2. The van der Waals surface area contributed by atoms with Crippen molar-refractivity contribution in [1.29, 1.82) is 0 Å². The van der Waals surface area contributed by atoms with Gasteiger partial charge in [-0.2, -0.15) is 0 Å². The Bertz CT molecular complexity index is 1440. The van der Waals surface area contributed by atoms with Crippen molar-refractivity contribution in [2.45, 2.75) is 51.0 Å². The number of halogens is 2. The third-order valence-electron chi connectivity index (χ3n) is 7.30. The summed E-state index contributed by atoms with van der Waals surface area (Å²) in [7, 11) is 0. The number of ether oxygens (including phenoxy) is 2. The predicted molar refractivity (Wildman–Crippen MR) is 131 cm³/mol. The highest BCUT2D eigenvalue weighted by atomic mass is 19.1. The Balaban J connectivity index is 1.42. The molecule has 2 saturated heterocycles. The van der Waals surface area contributed by atoms with Gasteiger partial charge in [0.25, 0.3) is 11.8 Å². The Morgan fingerprint density at radius 3 is 2.67 bits per heavy atom. The highest BCUT2D eigenvalue weighted by Crippen LogP contribution is 2.35. The number of carboxylic acid groups (broad SMARTS) is 1. The second-order valence-electron chi connectivity index (χ2n) is 9.76. The summed E-state index contributed by atoms with van der Waals surface area (Å²) in [5, 5.41) is 11.1. The van der Waals surface area contributed by atoms with E-state index in [2.05, 4.69) is 10.2 Å². The zero-order valence-corrected chi connectivity index (χ0v) is 21.2. The summed E-state index contributed by atoms with van der Waals surface area (Å²) in [5.41, 5.74) is -1.45. The van der Waals surface area contributed by atoms with Crippen molar-refractivity contribution in [3.8, 4) is 5.75 Å². The van der Waals surface area contributed by atoms with Crippen molar-refractivity contribution in [3.05, 3.63) is 63.1 Å². The number of esters is 1. The molecule has 0 spiro atoms. The fourth-order valence-corrected chi connectivity index (χ4v) is 5.38. The molecule has 1 aromatic heterocycles. The van der Waals surface area contributed by atoms with E-state index in [-0.39, 0.29) is 36.6 Å². The largest absolute Gasteiger partial charge is 0.481 e. The maximum Gasteiger partial charge on any atom is 0.309 e. The number of carboxylic acids is 1. The van der Waals surface area contributed by atoms with Gasteiger partial charge in [0.2, 0.25) is 18.0 Å². The van der Waals surface area contributed by atoms with Crippen molar-refractivity contribution >= 4 is 23.8 Å². The molecule has 1 aromatic carbocycles. The molecule has 4 heterocycles. The molecule has 2 fully saturated rings. The summed E-state index contributed by atoms with van der Waals surface area (Å²) < 4.78 is 39.1. The second-order valence-corrected chi connectivity index (χ2v) is 9.76. The molecule has 0 bridgehead atoms. The average molecular weight is 561 g/mol. The van der Waals surface area contributed by atoms with Crippen LogP contribution >= 0.6 is 0 Å². The Kier molecular flexibility index (Phi) is 7.52. The Morgan fingerprint density at radius 1 is 1.12 bits per heavy atom. The van der Waals surface area contributed by atoms with Crippen LogP contribution in [0.15, 0.2) is 29.2 Å². The van der Waals surface area contributed by atoms with E-state index in [1.54, 1.807) is 4.90 Å². The molecule has 0 saturated carbocycles. The van der Waals surface area contributed by atoms with Gasteiger partial charge < -0.3 is 29.4 Å². The number of nitrogens with one attached hydrogen (secondary N) is 1. The summed E-state index contributed by atoms with van der Waals surface area (Å²) >= 11 is 0. The lowest BCUT2D eigenvalue weighted by Gasteiger charge is -2.36. The van der Waals surface area contributed by atoms with E-state index >= 15 is 0 Å². The normalized spacial score (nSPS) is 19.6. The standard InChI is InChI=1S/C26H26F2N4O8/c27-15-4-3-14(18(28)8-15)9-29-25(37)17-11-30-12-19-31-7-1-2-16(31)10-32(19)26(38)22(30)24(23(17)36)40-13-39-21(35)6-5-20(33)34/h3-4,8,11,16,19H,1-2,5-7,9-10,12-13H2,(H,29,37)(H,33,34). The van der Waals surface area contributed by atoms with Crippen molar-refractivity contribution in [3.63, 3.8) is 0 Å². The van der Waals surface area contributed by atoms with Gasteiger partial charge in [-0.25, -0.2) is 8.78 Å². The molecule has 12 nitrogen and oxygen atoms in total. The van der Waals surface area contributed by atoms with E-state index in [1.807, 2.05) is 0 Å². The first-order valence-electron chi connectivity index (χ1n) is 12.7. The van der Waals surface area contributed by atoms with Crippen LogP contribution in [0.25, 0.3) is 0 Å². The number of pyridine rings is 1. The monoisotopic (exact) mass is 560 g/mol. The topological polar surface area (TPSA) is 147 Å². The molecule has 2 N–H and O–H groups in total. The lowest BCUT2D eigenvalue weighted by atomic mass is 10.1. The summed E-state index contributed by atoms with van der Waals surface area (Å²) in [6, 6.07) is 3.05. The smallest absolute Gasteiger partial charge is 0.309 e. The zero-order chi connectivity index (χ0) is 28.6. The predicted octanol–water partition coefficient (Wildman–Crippen LogP) is 1.06. The first-order chi connectivity index (χ1) is 19.1. The molecule has 2 unspecified atom stereocenters. The van der Waals surface area contributed by atoms with Gasteiger partial charge in [-0.3, -0.25) is 28.9 Å².